The van der Waals surface area contributed by atoms with Crippen molar-refractivity contribution in [3.8, 4) is 17.2 Å². The van der Waals surface area contributed by atoms with Crippen molar-refractivity contribution in [2.75, 3.05) is 59.4 Å². The molecular formula is C22H27N3O5. The Bertz CT molecular complexity index is 855. The van der Waals surface area contributed by atoms with Crippen molar-refractivity contribution >= 4 is 17.5 Å². The molecule has 0 unspecified atom stereocenters. The van der Waals surface area contributed by atoms with Crippen molar-refractivity contribution in [1.82, 2.24) is 9.80 Å². The Hall–Kier alpha value is -3.26. The van der Waals surface area contributed by atoms with Gasteiger partial charge in [-0.2, -0.15) is 0 Å². The number of methoxy groups -OCH3 is 3. The monoisotopic (exact) mass is 413 g/mol. The quantitative estimate of drug-likeness (QED) is 0.749. The van der Waals surface area contributed by atoms with Crippen LogP contribution in [0.2, 0.25) is 0 Å². The fourth-order valence-corrected chi connectivity index (χ4v) is 3.43. The largest absolute Gasteiger partial charge is 0.493 e. The number of anilines is 1. The van der Waals surface area contributed by atoms with Crippen molar-refractivity contribution in [2.45, 2.75) is 0 Å². The van der Waals surface area contributed by atoms with Crippen LogP contribution in [0.5, 0.6) is 17.2 Å². The lowest BCUT2D eigenvalue weighted by atomic mass is 10.2. The number of piperazine rings is 1. The van der Waals surface area contributed by atoms with E-state index in [9.17, 15) is 9.59 Å². The zero-order valence-corrected chi connectivity index (χ0v) is 17.5. The third kappa shape index (κ3) is 5.01. The summed E-state index contributed by atoms with van der Waals surface area (Å²) in [6, 6.07) is 12.6. The molecule has 0 atom stereocenters. The van der Waals surface area contributed by atoms with Crippen LogP contribution >= 0.6 is 0 Å². The van der Waals surface area contributed by atoms with Crippen LogP contribution in [0, 0.1) is 0 Å². The number of ether oxygens (including phenoxy) is 3. The van der Waals surface area contributed by atoms with E-state index in [1.807, 2.05) is 40.1 Å². The van der Waals surface area contributed by atoms with Crippen LogP contribution < -0.4 is 19.5 Å². The summed E-state index contributed by atoms with van der Waals surface area (Å²) in [6.07, 6.45) is 0. The van der Waals surface area contributed by atoms with Crippen LogP contribution in [0.15, 0.2) is 42.5 Å². The van der Waals surface area contributed by atoms with Gasteiger partial charge in [0, 0.05) is 49.6 Å². The van der Waals surface area contributed by atoms with Crippen LogP contribution in [0.3, 0.4) is 0 Å². The van der Waals surface area contributed by atoms with Gasteiger partial charge in [-0.1, -0.05) is 18.2 Å². The normalized spacial score (nSPS) is 14.2. The van der Waals surface area contributed by atoms with E-state index in [2.05, 4.69) is 5.32 Å². The van der Waals surface area contributed by atoms with Crippen molar-refractivity contribution in [3.63, 3.8) is 0 Å². The number of nitrogens with one attached hydrogen (secondary N) is 1. The second kappa shape index (κ2) is 9.98. The lowest BCUT2D eigenvalue weighted by molar-refractivity contribution is -0.117. The molecule has 1 aliphatic rings. The summed E-state index contributed by atoms with van der Waals surface area (Å²) in [5.41, 5.74) is 1.25. The molecule has 2 amide bonds. The highest BCUT2D eigenvalue weighted by Gasteiger charge is 2.23. The van der Waals surface area contributed by atoms with E-state index < -0.39 is 0 Å². The maximum absolute atomic E-state index is 12.5. The molecule has 8 heteroatoms. The van der Waals surface area contributed by atoms with E-state index in [4.69, 9.17) is 14.2 Å². The van der Waals surface area contributed by atoms with Crippen molar-refractivity contribution in [1.29, 1.82) is 0 Å². The topological polar surface area (TPSA) is 80.3 Å². The number of carbonyl (C=O) groups is 2. The van der Waals surface area contributed by atoms with Crippen LogP contribution in [0.25, 0.3) is 0 Å². The number of nitrogens with zero attached hydrogens (tertiary/aromatic N) is 2. The van der Waals surface area contributed by atoms with Crippen molar-refractivity contribution in [2.24, 2.45) is 0 Å². The third-order valence-corrected chi connectivity index (χ3v) is 5.00. The van der Waals surface area contributed by atoms with Gasteiger partial charge in [0.15, 0.2) is 11.5 Å². The highest BCUT2D eigenvalue weighted by Crippen LogP contribution is 2.39. The maximum atomic E-state index is 12.5. The Morgan fingerprint density at radius 1 is 0.900 bits per heavy atom. The maximum Gasteiger partial charge on any atom is 0.253 e. The molecule has 0 aromatic heterocycles. The Morgan fingerprint density at radius 2 is 1.50 bits per heavy atom. The summed E-state index contributed by atoms with van der Waals surface area (Å²) >= 11 is 0. The molecule has 0 radical (unpaired) electrons. The van der Waals surface area contributed by atoms with E-state index in [1.165, 1.54) is 21.3 Å². The molecule has 1 aliphatic heterocycles. The van der Waals surface area contributed by atoms with Gasteiger partial charge >= 0.3 is 0 Å². The number of benzene rings is 2. The van der Waals surface area contributed by atoms with E-state index in [0.717, 1.165) is 0 Å². The van der Waals surface area contributed by atoms with Gasteiger partial charge in [0.1, 0.15) is 0 Å². The number of carbonyl (C=O) groups excluding carboxylic acids is 2. The SMILES string of the molecule is COc1cc(NC(=O)CN2CCN(C(=O)c3ccccc3)CC2)cc(OC)c1OC. The Labute approximate surface area is 176 Å². The predicted molar refractivity (Wildman–Crippen MR) is 114 cm³/mol. The van der Waals surface area contributed by atoms with E-state index in [0.29, 0.717) is 54.7 Å². The summed E-state index contributed by atoms with van der Waals surface area (Å²) in [5, 5.41) is 2.87. The first-order valence-electron chi connectivity index (χ1n) is 9.72. The van der Waals surface area contributed by atoms with E-state index in [-0.39, 0.29) is 18.4 Å². The Kier molecular flexibility index (Phi) is 7.13. The minimum absolute atomic E-state index is 0.0251. The molecule has 0 spiro atoms. The molecule has 0 bridgehead atoms. The lowest BCUT2D eigenvalue weighted by Gasteiger charge is -2.34. The third-order valence-electron chi connectivity index (χ3n) is 5.00. The second-order valence-electron chi connectivity index (χ2n) is 6.90. The number of hydrogen-bond acceptors (Lipinski definition) is 6. The summed E-state index contributed by atoms with van der Waals surface area (Å²) in [5.74, 6) is 1.29. The molecule has 3 rings (SSSR count). The van der Waals surface area contributed by atoms with E-state index >= 15 is 0 Å². The summed E-state index contributed by atoms with van der Waals surface area (Å²) in [6.45, 7) is 2.70. The summed E-state index contributed by atoms with van der Waals surface area (Å²) in [4.78, 5) is 28.9. The molecule has 0 aliphatic carbocycles. The molecule has 1 saturated heterocycles. The average Bonchev–Trinajstić information content (AvgIpc) is 2.78. The van der Waals surface area contributed by atoms with E-state index in [1.54, 1.807) is 12.1 Å². The molecule has 1 N–H and O–H groups in total. The van der Waals surface area contributed by atoms with Gasteiger partial charge in [-0.25, -0.2) is 0 Å². The average molecular weight is 413 g/mol. The second-order valence-corrected chi connectivity index (χ2v) is 6.90. The first kappa shape index (κ1) is 21.4. The standard InChI is InChI=1S/C22H27N3O5/c1-28-18-13-17(14-19(29-2)21(18)30-3)23-20(26)15-24-9-11-25(12-10-24)22(27)16-7-5-4-6-8-16/h4-8,13-14H,9-12,15H2,1-3H3,(H,23,26). The van der Waals surface area contributed by atoms with Gasteiger partial charge in [-0.05, 0) is 12.1 Å². The number of amides is 2. The molecule has 1 heterocycles. The van der Waals surface area contributed by atoms with Crippen molar-refractivity contribution in [3.05, 3.63) is 48.0 Å². The lowest BCUT2D eigenvalue weighted by Crippen LogP contribution is -2.50. The van der Waals surface area contributed by atoms with Crippen LogP contribution in [-0.2, 0) is 4.79 Å². The molecule has 0 saturated carbocycles. The first-order valence-corrected chi connectivity index (χ1v) is 9.72. The minimum atomic E-state index is -0.146. The summed E-state index contributed by atoms with van der Waals surface area (Å²) in [7, 11) is 4.58. The zero-order chi connectivity index (χ0) is 21.5. The predicted octanol–water partition coefficient (Wildman–Crippen LogP) is 2.11. The van der Waals surface area contributed by atoms with Gasteiger partial charge in [-0.15, -0.1) is 0 Å². The Balaban J connectivity index is 1.55. The van der Waals surface area contributed by atoms with Gasteiger partial charge in [0.25, 0.3) is 5.91 Å². The fraction of sp³-hybridized carbons (Fsp3) is 0.364. The molecule has 8 nitrogen and oxygen atoms in total. The van der Waals surface area contributed by atoms with Crippen LogP contribution in [-0.4, -0.2) is 75.7 Å². The molecular weight excluding hydrogens is 386 g/mol. The first-order chi connectivity index (χ1) is 14.5. The fourth-order valence-electron chi connectivity index (χ4n) is 3.43. The van der Waals surface area contributed by atoms with Gasteiger partial charge in [0.05, 0.1) is 27.9 Å². The smallest absolute Gasteiger partial charge is 0.253 e. The van der Waals surface area contributed by atoms with Crippen LogP contribution in [0.1, 0.15) is 10.4 Å². The van der Waals surface area contributed by atoms with Gasteiger partial charge < -0.3 is 24.4 Å². The molecule has 2 aromatic rings. The molecule has 160 valence electrons. The summed E-state index contributed by atoms with van der Waals surface area (Å²) < 4.78 is 15.9. The number of hydrogen-bond donors (Lipinski definition) is 1. The molecule has 30 heavy (non-hydrogen) atoms. The van der Waals surface area contributed by atoms with Crippen molar-refractivity contribution < 1.29 is 23.8 Å². The molecule has 2 aromatic carbocycles. The van der Waals surface area contributed by atoms with Gasteiger partial charge in [0.2, 0.25) is 11.7 Å². The molecule has 1 fully saturated rings. The highest BCUT2D eigenvalue weighted by atomic mass is 16.5. The Morgan fingerprint density at radius 3 is 2.03 bits per heavy atom. The van der Waals surface area contributed by atoms with Crippen LogP contribution in [0.4, 0.5) is 5.69 Å². The highest BCUT2D eigenvalue weighted by molar-refractivity contribution is 5.94. The zero-order valence-electron chi connectivity index (χ0n) is 17.5. The van der Waals surface area contributed by atoms with Gasteiger partial charge in [-0.3, -0.25) is 14.5 Å². The minimum Gasteiger partial charge on any atom is -0.493 e. The number of rotatable bonds is 7.